The molecule has 2 amide bonds. The first kappa shape index (κ1) is 20.4. The van der Waals surface area contributed by atoms with E-state index in [1.165, 1.54) is 11.3 Å². The molecule has 0 saturated heterocycles. The molecule has 4 aromatic rings. The van der Waals surface area contributed by atoms with E-state index < -0.39 is 5.91 Å². The molecule has 3 aromatic carbocycles. The van der Waals surface area contributed by atoms with Gasteiger partial charge in [-0.3, -0.25) is 9.59 Å². The highest BCUT2D eigenvalue weighted by molar-refractivity contribution is 7.10. The molecule has 0 fully saturated rings. The van der Waals surface area contributed by atoms with Crippen molar-refractivity contribution < 1.29 is 14.3 Å². The van der Waals surface area contributed by atoms with Crippen LogP contribution in [-0.4, -0.2) is 18.9 Å². The summed E-state index contributed by atoms with van der Waals surface area (Å²) in [5, 5.41) is 9.55. The van der Waals surface area contributed by atoms with Crippen molar-refractivity contribution in [3.63, 3.8) is 0 Å². The monoisotopic (exact) mass is 428 g/mol. The summed E-state index contributed by atoms with van der Waals surface area (Å²) in [5.41, 5.74) is 1.27. The summed E-state index contributed by atoms with van der Waals surface area (Å²) in [6.07, 6.45) is 1.67. The Balaban J connectivity index is 1.61. The second-order valence-corrected chi connectivity index (χ2v) is 7.72. The van der Waals surface area contributed by atoms with E-state index in [1.54, 1.807) is 37.5 Å². The van der Waals surface area contributed by atoms with Gasteiger partial charge in [0.25, 0.3) is 11.8 Å². The van der Waals surface area contributed by atoms with Gasteiger partial charge in [0.05, 0.1) is 7.11 Å². The van der Waals surface area contributed by atoms with Gasteiger partial charge in [0.2, 0.25) is 0 Å². The summed E-state index contributed by atoms with van der Waals surface area (Å²) in [5.74, 6) is -0.121. The Hall–Kier alpha value is -3.90. The number of anilines is 1. The summed E-state index contributed by atoms with van der Waals surface area (Å²) in [7, 11) is 1.56. The van der Waals surface area contributed by atoms with Gasteiger partial charge in [-0.25, -0.2) is 0 Å². The van der Waals surface area contributed by atoms with Crippen LogP contribution in [0.3, 0.4) is 0 Å². The van der Waals surface area contributed by atoms with Crippen molar-refractivity contribution in [2.24, 2.45) is 0 Å². The lowest BCUT2D eigenvalue weighted by Gasteiger charge is -2.13. The number of nitrogens with one attached hydrogen (secondary N) is 2. The fourth-order valence-corrected chi connectivity index (χ4v) is 3.79. The van der Waals surface area contributed by atoms with Crippen LogP contribution in [-0.2, 0) is 4.79 Å². The number of fused-ring (bicyclic) bond motifs is 1. The molecular weight excluding hydrogens is 408 g/mol. The minimum Gasteiger partial charge on any atom is -0.497 e. The molecule has 0 spiro atoms. The van der Waals surface area contributed by atoms with Gasteiger partial charge in [0.1, 0.15) is 11.4 Å². The van der Waals surface area contributed by atoms with Crippen molar-refractivity contribution in [1.29, 1.82) is 0 Å². The summed E-state index contributed by atoms with van der Waals surface area (Å²) >= 11 is 1.48. The molecule has 6 heteroatoms. The predicted octanol–water partition coefficient (Wildman–Crippen LogP) is 5.32. The Kier molecular flexibility index (Phi) is 6.10. The van der Waals surface area contributed by atoms with Gasteiger partial charge in [0.15, 0.2) is 0 Å². The molecule has 4 rings (SSSR count). The molecule has 0 saturated carbocycles. The molecule has 31 heavy (non-hydrogen) atoms. The average Bonchev–Trinajstić information content (AvgIpc) is 3.32. The molecule has 5 nitrogen and oxygen atoms in total. The largest absolute Gasteiger partial charge is 0.497 e. The third-order valence-corrected chi connectivity index (χ3v) is 5.53. The number of amides is 2. The van der Waals surface area contributed by atoms with Crippen LogP contribution in [0.1, 0.15) is 15.2 Å². The van der Waals surface area contributed by atoms with E-state index in [0.717, 1.165) is 15.6 Å². The quantitative estimate of drug-likeness (QED) is 0.409. The average molecular weight is 429 g/mol. The fourth-order valence-electron chi connectivity index (χ4n) is 3.13. The lowest BCUT2D eigenvalue weighted by atomic mass is 10.1. The topological polar surface area (TPSA) is 67.4 Å². The fraction of sp³-hybridized carbons (Fsp3) is 0.0400. The number of ether oxygens (including phenoxy) is 1. The van der Waals surface area contributed by atoms with Gasteiger partial charge >= 0.3 is 0 Å². The van der Waals surface area contributed by atoms with Crippen molar-refractivity contribution in [1.82, 2.24) is 5.32 Å². The van der Waals surface area contributed by atoms with Crippen molar-refractivity contribution in [3.05, 3.63) is 100 Å². The van der Waals surface area contributed by atoms with E-state index in [2.05, 4.69) is 10.6 Å². The zero-order chi connectivity index (χ0) is 21.6. The number of hydrogen-bond acceptors (Lipinski definition) is 4. The second-order valence-electron chi connectivity index (χ2n) is 6.74. The Morgan fingerprint density at radius 2 is 1.68 bits per heavy atom. The Labute approximate surface area is 184 Å². The smallest absolute Gasteiger partial charge is 0.272 e. The Morgan fingerprint density at radius 3 is 2.42 bits per heavy atom. The number of rotatable bonds is 6. The third kappa shape index (κ3) is 4.82. The number of hydrogen-bond donors (Lipinski definition) is 2. The standard InChI is InChI=1S/C25H20N2O3S/c1-30-19-13-11-18(12-14-19)24(28)27-23(16-20-8-5-15-31-20)25(29)26-22-10-4-7-17-6-2-3-9-21(17)22/h2-16H,1H3,(H,26,29)(H,27,28)/b23-16-. The molecular formula is C25H20N2O3S. The van der Waals surface area contributed by atoms with Crippen molar-refractivity contribution in [3.8, 4) is 5.75 Å². The number of benzene rings is 3. The first-order valence-corrected chi connectivity index (χ1v) is 10.5. The highest BCUT2D eigenvalue weighted by Crippen LogP contribution is 2.24. The highest BCUT2D eigenvalue weighted by Gasteiger charge is 2.16. The van der Waals surface area contributed by atoms with Crippen molar-refractivity contribution >= 4 is 45.7 Å². The van der Waals surface area contributed by atoms with Crippen LogP contribution in [0.2, 0.25) is 0 Å². The van der Waals surface area contributed by atoms with Crippen LogP contribution in [0.25, 0.3) is 16.8 Å². The number of carbonyl (C=O) groups is 2. The predicted molar refractivity (Wildman–Crippen MR) is 125 cm³/mol. The molecule has 2 N–H and O–H groups in total. The summed E-state index contributed by atoms with van der Waals surface area (Å²) in [6, 6.07) is 24.0. The minimum absolute atomic E-state index is 0.163. The molecule has 0 aliphatic rings. The second kappa shape index (κ2) is 9.28. The molecule has 0 unspecified atom stereocenters. The van der Waals surface area contributed by atoms with Crippen molar-refractivity contribution in [2.75, 3.05) is 12.4 Å². The van der Waals surface area contributed by atoms with Crippen LogP contribution < -0.4 is 15.4 Å². The molecule has 1 heterocycles. The molecule has 0 atom stereocenters. The van der Waals surface area contributed by atoms with Gasteiger partial charge in [-0.15, -0.1) is 11.3 Å². The van der Waals surface area contributed by atoms with Gasteiger partial charge in [-0.05, 0) is 53.2 Å². The number of methoxy groups -OCH3 is 1. The van der Waals surface area contributed by atoms with E-state index >= 15 is 0 Å². The van der Waals surface area contributed by atoms with Crippen LogP contribution in [0.4, 0.5) is 5.69 Å². The highest BCUT2D eigenvalue weighted by atomic mass is 32.1. The molecule has 154 valence electrons. The minimum atomic E-state index is -0.397. The zero-order valence-corrected chi connectivity index (χ0v) is 17.6. The van der Waals surface area contributed by atoms with Gasteiger partial charge in [-0.2, -0.15) is 0 Å². The third-order valence-electron chi connectivity index (χ3n) is 4.71. The van der Waals surface area contributed by atoms with Crippen LogP contribution >= 0.6 is 11.3 Å². The lowest BCUT2D eigenvalue weighted by Crippen LogP contribution is -2.30. The van der Waals surface area contributed by atoms with Crippen LogP contribution in [0, 0.1) is 0 Å². The molecule has 1 aromatic heterocycles. The van der Waals surface area contributed by atoms with E-state index in [4.69, 9.17) is 4.74 Å². The first-order chi connectivity index (χ1) is 15.1. The zero-order valence-electron chi connectivity index (χ0n) is 16.8. The van der Waals surface area contributed by atoms with Gasteiger partial charge in [0, 0.05) is 21.5 Å². The maximum Gasteiger partial charge on any atom is 0.272 e. The summed E-state index contributed by atoms with van der Waals surface area (Å²) in [4.78, 5) is 26.8. The Morgan fingerprint density at radius 1 is 0.903 bits per heavy atom. The maximum absolute atomic E-state index is 13.1. The van der Waals surface area contributed by atoms with E-state index in [0.29, 0.717) is 17.0 Å². The Bertz CT molecular complexity index is 1240. The maximum atomic E-state index is 13.1. The SMILES string of the molecule is COc1ccc(C(=O)N/C(=C\c2cccs2)C(=O)Nc2cccc3ccccc23)cc1. The van der Waals surface area contributed by atoms with Crippen LogP contribution in [0.5, 0.6) is 5.75 Å². The molecule has 0 aliphatic heterocycles. The van der Waals surface area contributed by atoms with Crippen molar-refractivity contribution in [2.45, 2.75) is 0 Å². The summed E-state index contributed by atoms with van der Waals surface area (Å²) in [6.45, 7) is 0. The number of carbonyl (C=O) groups excluding carboxylic acids is 2. The number of thiophene rings is 1. The van der Waals surface area contributed by atoms with Gasteiger partial charge in [-0.1, -0.05) is 42.5 Å². The van der Waals surface area contributed by atoms with Gasteiger partial charge < -0.3 is 15.4 Å². The van der Waals surface area contributed by atoms with E-state index in [-0.39, 0.29) is 11.6 Å². The van der Waals surface area contributed by atoms with Crippen LogP contribution in [0.15, 0.2) is 89.9 Å². The molecule has 0 radical (unpaired) electrons. The first-order valence-electron chi connectivity index (χ1n) is 9.64. The lowest BCUT2D eigenvalue weighted by molar-refractivity contribution is -0.113. The molecule has 0 bridgehead atoms. The van der Waals surface area contributed by atoms with E-state index in [1.807, 2.05) is 60.0 Å². The normalized spacial score (nSPS) is 11.2. The van der Waals surface area contributed by atoms with E-state index in [9.17, 15) is 9.59 Å². The summed E-state index contributed by atoms with van der Waals surface area (Å²) < 4.78 is 5.13. The molecule has 0 aliphatic carbocycles.